The van der Waals surface area contributed by atoms with Crippen LogP contribution >= 0.6 is 0 Å². The van der Waals surface area contributed by atoms with E-state index >= 15 is 0 Å². The molecule has 0 saturated carbocycles. The molecule has 1 heterocycles. The van der Waals surface area contributed by atoms with Crippen molar-refractivity contribution in [3.63, 3.8) is 0 Å². The van der Waals surface area contributed by atoms with E-state index in [1.54, 1.807) is 14.0 Å². The summed E-state index contributed by atoms with van der Waals surface area (Å²) in [6, 6.07) is 18.7. The Morgan fingerprint density at radius 3 is 2.43 bits per heavy atom. The SMILES string of the molecule is CCC1(C)C[C@](CCN(Cc2ccccc2)C(C)=O)(c2ccc(OC)cc2)CCO1. The molecule has 162 valence electrons. The summed E-state index contributed by atoms with van der Waals surface area (Å²) in [7, 11) is 1.70. The lowest BCUT2D eigenvalue weighted by Crippen LogP contribution is -2.47. The number of nitrogens with zero attached hydrogens (tertiary/aromatic N) is 1. The van der Waals surface area contributed by atoms with Crippen LogP contribution in [-0.2, 0) is 21.5 Å². The molecule has 0 aromatic heterocycles. The van der Waals surface area contributed by atoms with Gasteiger partial charge in [-0.1, -0.05) is 49.4 Å². The molecule has 0 bridgehead atoms. The van der Waals surface area contributed by atoms with Gasteiger partial charge in [0.25, 0.3) is 0 Å². The second kappa shape index (κ2) is 9.65. The van der Waals surface area contributed by atoms with Crippen LogP contribution in [0.5, 0.6) is 5.75 Å². The number of ether oxygens (including phenoxy) is 2. The molecule has 30 heavy (non-hydrogen) atoms. The average Bonchev–Trinajstić information content (AvgIpc) is 2.77. The zero-order chi connectivity index (χ0) is 21.6. The third-order valence-corrected chi connectivity index (χ3v) is 6.72. The van der Waals surface area contributed by atoms with Gasteiger partial charge in [-0.05, 0) is 55.9 Å². The van der Waals surface area contributed by atoms with Gasteiger partial charge in [0.05, 0.1) is 12.7 Å². The van der Waals surface area contributed by atoms with Gasteiger partial charge in [0.1, 0.15) is 5.75 Å². The summed E-state index contributed by atoms with van der Waals surface area (Å²) in [4.78, 5) is 14.4. The first-order chi connectivity index (χ1) is 14.4. The number of hydrogen-bond donors (Lipinski definition) is 0. The molecule has 0 radical (unpaired) electrons. The fraction of sp³-hybridized carbons (Fsp3) is 0.500. The summed E-state index contributed by atoms with van der Waals surface area (Å²) in [5.41, 5.74) is 2.32. The Labute approximate surface area is 181 Å². The van der Waals surface area contributed by atoms with Crippen molar-refractivity contribution in [1.82, 2.24) is 4.90 Å². The van der Waals surface area contributed by atoms with Gasteiger partial charge in [-0.15, -0.1) is 0 Å². The monoisotopic (exact) mass is 409 g/mol. The van der Waals surface area contributed by atoms with Crippen LogP contribution in [0.15, 0.2) is 54.6 Å². The van der Waals surface area contributed by atoms with E-state index in [1.807, 2.05) is 35.2 Å². The first-order valence-corrected chi connectivity index (χ1v) is 11.0. The Bertz CT molecular complexity index is 820. The standard InChI is InChI=1S/C26H35NO3/c1-5-25(3)20-26(16-18-30-25,23-11-13-24(29-4)14-12-23)15-17-27(21(2)28)19-22-9-7-6-8-10-22/h6-14H,5,15-20H2,1-4H3/t25?,26-/m1/s1. The first kappa shape index (κ1) is 22.4. The lowest BCUT2D eigenvalue weighted by molar-refractivity contribution is -0.130. The Balaban J connectivity index is 1.85. The molecule has 2 atom stereocenters. The molecular formula is C26H35NO3. The van der Waals surface area contributed by atoms with Gasteiger partial charge in [0, 0.05) is 32.0 Å². The molecule has 1 amide bonds. The number of amides is 1. The summed E-state index contributed by atoms with van der Waals surface area (Å²) < 4.78 is 11.6. The smallest absolute Gasteiger partial charge is 0.219 e. The highest BCUT2D eigenvalue weighted by molar-refractivity contribution is 5.73. The summed E-state index contributed by atoms with van der Waals surface area (Å²) in [6.45, 7) is 8.21. The molecule has 0 aliphatic carbocycles. The lowest BCUT2D eigenvalue weighted by atomic mass is 9.66. The highest BCUT2D eigenvalue weighted by Crippen LogP contribution is 2.45. The number of carbonyl (C=O) groups is 1. The molecule has 4 heteroatoms. The van der Waals surface area contributed by atoms with Crippen molar-refractivity contribution >= 4 is 5.91 Å². The normalized spacial score (nSPS) is 23.7. The minimum atomic E-state index is -0.140. The van der Waals surface area contributed by atoms with E-state index in [1.165, 1.54) is 5.56 Å². The topological polar surface area (TPSA) is 38.8 Å². The van der Waals surface area contributed by atoms with E-state index < -0.39 is 0 Å². The fourth-order valence-electron chi connectivity index (χ4n) is 4.62. The van der Waals surface area contributed by atoms with E-state index in [0.717, 1.165) is 50.1 Å². The average molecular weight is 410 g/mol. The van der Waals surface area contributed by atoms with Crippen molar-refractivity contribution in [2.24, 2.45) is 0 Å². The van der Waals surface area contributed by atoms with Gasteiger partial charge < -0.3 is 14.4 Å². The Hall–Kier alpha value is -2.33. The zero-order valence-electron chi connectivity index (χ0n) is 18.8. The minimum absolute atomic E-state index is 0.0142. The quantitative estimate of drug-likeness (QED) is 0.590. The van der Waals surface area contributed by atoms with E-state index in [4.69, 9.17) is 9.47 Å². The Morgan fingerprint density at radius 2 is 1.83 bits per heavy atom. The van der Waals surface area contributed by atoms with Gasteiger partial charge in [0.15, 0.2) is 0 Å². The molecule has 4 nitrogen and oxygen atoms in total. The van der Waals surface area contributed by atoms with E-state index in [2.05, 4.69) is 38.1 Å². The molecule has 2 aromatic rings. The van der Waals surface area contributed by atoms with Crippen LogP contribution in [0.2, 0.25) is 0 Å². The lowest BCUT2D eigenvalue weighted by Gasteiger charge is -2.47. The number of hydrogen-bond acceptors (Lipinski definition) is 3. The van der Waals surface area contributed by atoms with Crippen LogP contribution in [0.3, 0.4) is 0 Å². The van der Waals surface area contributed by atoms with E-state index in [-0.39, 0.29) is 16.9 Å². The third kappa shape index (κ3) is 5.23. The van der Waals surface area contributed by atoms with Crippen LogP contribution in [-0.4, -0.2) is 36.7 Å². The number of rotatable bonds is 8. The molecule has 1 aliphatic heterocycles. The maximum atomic E-state index is 12.4. The van der Waals surface area contributed by atoms with Crippen LogP contribution in [0, 0.1) is 0 Å². The van der Waals surface area contributed by atoms with Crippen molar-refractivity contribution in [1.29, 1.82) is 0 Å². The predicted molar refractivity (Wildman–Crippen MR) is 121 cm³/mol. The summed E-state index contributed by atoms with van der Waals surface area (Å²) >= 11 is 0. The molecule has 1 aliphatic rings. The van der Waals surface area contributed by atoms with Crippen LogP contribution in [0.1, 0.15) is 57.6 Å². The maximum absolute atomic E-state index is 12.4. The van der Waals surface area contributed by atoms with Gasteiger partial charge >= 0.3 is 0 Å². The number of benzene rings is 2. The zero-order valence-corrected chi connectivity index (χ0v) is 18.8. The van der Waals surface area contributed by atoms with E-state index in [0.29, 0.717) is 6.54 Å². The maximum Gasteiger partial charge on any atom is 0.219 e. The molecule has 3 rings (SSSR count). The Morgan fingerprint density at radius 1 is 1.13 bits per heavy atom. The second-order valence-electron chi connectivity index (χ2n) is 8.76. The van der Waals surface area contributed by atoms with Gasteiger partial charge in [-0.3, -0.25) is 4.79 Å². The molecule has 0 N–H and O–H groups in total. The van der Waals surface area contributed by atoms with Crippen molar-refractivity contribution in [2.75, 3.05) is 20.3 Å². The Kier molecular flexibility index (Phi) is 7.19. The molecule has 1 fully saturated rings. The van der Waals surface area contributed by atoms with Crippen LogP contribution in [0.4, 0.5) is 0 Å². The van der Waals surface area contributed by atoms with Crippen molar-refractivity contribution < 1.29 is 14.3 Å². The predicted octanol–water partition coefficient (Wildman–Crippen LogP) is 5.35. The highest BCUT2D eigenvalue weighted by Gasteiger charge is 2.43. The molecule has 1 saturated heterocycles. The second-order valence-corrected chi connectivity index (χ2v) is 8.76. The van der Waals surface area contributed by atoms with Crippen LogP contribution in [0.25, 0.3) is 0 Å². The number of carbonyl (C=O) groups excluding carboxylic acids is 1. The van der Waals surface area contributed by atoms with Crippen LogP contribution < -0.4 is 4.74 Å². The molecular weight excluding hydrogens is 374 g/mol. The molecule has 0 spiro atoms. The summed E-state index contributed by atoms with van der Waals surface area (Å²) in [6.07, 6.45) is 3.82. The molecule has 2 aromatic carbocycles. The first-order valence-electron chi connectivity index (χ1n) is 11.0. The minimum Gasteiger partial charge on any atom is -0.497 e. The van der Waals surface area contributed by atoms with E-state index in [9.17, 15) is 4.79 Å². The van der Waals surface area contributed by atoms with Crippen molar-refractivity contribution in [3.05, 3.63) is 65.7 Å². The van der Waals surface area contributed by atoms with Crippen molar-refractivity contribution in [2.45, 2.75) is 64.0 Å². The molecule has 1 unspecified atom stereocenters. The van der Waals surface area contributed by atoms with Crippen molar-refractivity contribution in [3.8, 4) is 5.75 Å². The number of methoxy groups -OCH3 is 1. The van der Waals surface area contributed by atoms with Gasteiger partial charge in [-0.25, -0.2) is 0 Å². The summed E-state index contributed by atoms with van der Waals surface area (Å²) in [5.74, 6) is 0.989. The summed E-state index contributed by atoms with van der Waals surface area (Å²) in [5, 5.41) is 0. The van der Waals surface area contributed by atoms with Gasteiger partial charge in [0.2, 0.25) is 5.91 Å². The van der Waals surface area contributed by atoms with Gasteiger partial charge in [-0.2, -0.15) is 0 Å². The fourth-order valence-corrected chi connectivity index (χ4v) is 4.62. The largest absolute Gasteiger partial charge is 0.497 e. The highest BCUT2D eigenvalue weighted by atomic mass is 16.5. The third-order valence-electron chi connectivity index (χ3n) is 6.72.